The number of fused-ring (bicyclic) bond motifs is 1. The van der Waals surface area contributed by atoms with Gasteiger partial charge in [0.2, 0.25) is 0 Å². The molecule has 0 spiro atoms. The van der Waals surface area contributed by atoms with Crippen molar-refractivity contribution in [2.45, 2.75) is 6.42 Å². The zero-order valence-corrected chi connectivity index (χ0v) is 8.63. The van der Waals surface area contributed by atoms with E-state index in [9.17, 15) is 0 Å². The maximum atomic E-state index is 8.66. The first-order chi connectivity index (χ1) is 6.92. The molecule has 14 heavy (non-hydrogen) atoms. The van der Waals surface area contributed by atoms with Crippen molar-refractivity contribution in [1.29, 1.82) is 0 Å². The largest absolute Gasteiger partial charge is 0.396 e. The van der Waals surface area contributed by atoms with Crippen LogP contribution in [0.2, 0.25) is 0 Å². The quantitative estimate of drug-likeness (QED) is 0.813. The molecule has 1 nitrogen and oxygen atoms in total. The van der Waals surface area contributed by atoms with Gasteiger partial charge >= 0.3 is 0 Å². The summed E-state index contributed by atoms with van der Waals surface area (Å²) in [5.41, 5.74) is 1.25. The van der Waals surface area contributed by atoms with E-state index >= 15 is 0 Å². The molecule has 0 radical (unpaired) electrons. The molecule has 0 saturated carbocycles. The molecule has 2 heteroatoms. The lowest BCUT2D eigenvalue weighted by Crippen LogP contribution is -1.75. The highest BCUT2D eigenvalue weighted by atomic mass is 32.1. The fourth-order valence-electron chi connectivity index (χ4n) is 1.41. The van der Waals surface area contributed by atoms with Gasteiger partial charge in [-0.25, -0.2) is 0 Å². The van der Waals surface area contributed by atoms with E-state index < -0.39 is 0 Å². The molecule has 0 bridgehead atoms. The summed E-state index contributed by atoms with van der Waals surface area (Å²) in [6.07, 6.45) is 4.81. The van der Waals surface area contributed by atoms with Crippen LogP contribution in [0.4, 0.5) is 0 Å². The van der Waals surface area contributed by atoms with Gasteiger partial charge in [0.05, 0.1) is 0 Å². The van der Waals surface area contributed by atoms with E-state index in [4.69, 9.17) is 5.11 Å². The summed E-state index contributed by atoms with van der Waals surface area (Å²) in [4.78, 5) is 0. The molecule has 0 atom stereocenters. The van der Waals surface area contributed by atoms with Gasteiger partial charge in [-0.15, -0.1) is 11.3 Å². The Balaban J connectivity index is 2.34. The highest BCUT2D eigenvalue weighted by Crippen LogP contribution is 2.26. The number of benzene rings is 1. The molecule has 0 aliphatic carbocycles. The average Bonchev–Trinajstić information content (AvgIpc) is 2.63. The second-order valence-electron chi connectivity index (χ2n) is 3.10. The molecule has 2 aromatic rings. The van der Waals surface area contributed by atoms with Gasteiger partial charge in [0, 0.05) is 11.3 Å². The van der Waals surface area contributed by atoms with Crippen molar-refractivity contribution in [3.63, 3.8) is 0 Å². The Labute approximate surface area is 87.3 Å². The molecule has 1 heterocycles. The predicted octanol–water partition coefficient (Wildman–Crippen LogP) is 3.30. The van der Waals surface area contributed by atoms with Gasteiger partial charge in [-0.1, -0.05) is 30.4 Å². The van der Waals surface area contributed by atoms with E-state index in [0.717, 1.165) is 6.42 Å². The summed E-state index contributed by atoms with van der Waals surface area (Å²) in [6.45, 7) is 0.221. The van der Waals surface area contributed by atoms with E-state index in [1.807, 2.05) is 6.08 Å². The summed E-state index contributed by atoms with van der Waals surface area (Å²) < 4.78 is 1.32. The molecule has 0 aliphatic heterocycles. The molecule has 72 valence electrons. The van der Waals surface area contributed by atoms with Crippen molar-refractivity contribution in [2.24, 2.45) is 0 Å². The Morgan fingerprint density at radius 2 is 2.14 bits per heavy atom. The van der Waals surface area contributed by atoms with E-state index in [2.05, 4.69) is 35.7 Å². The van der Waals surface area contributed by atoms with Crippen molar-refractivity contribution in [3.8, 4) is 0 Å². The lowest BCUT2D eigenvalue weighted by Gasteiger charge is -1.90. The first-order valence-corrected chi connectivity index (χ1v) is 5.53. The average molecular weight is 204 g/mol. The van der Waals surface area contributed by atoms with Gasteiger partial charge in [0.25, 0.3) is 0 Å². The minimum Gasteiger partial charge on any atom is -0.396 e. The van der Waals surface area contributed by atoms with E-state index in [0.29, 0.717) is 0 Å². The van der Waals surface area contributed by atoms with Crippen LogP contribution in [0.1, 0.15) is 12.0 Å². The Bertz CT molecular complexity index is 442. The van der Waals surface area contributed by atoms with E-state index in [1.54, 1.807) is 11.3 Å². The monoisotopic (exact) mass is 204 g/mol. The van der Waals surface area contributed by atoms with Crippen LogP contribution in [0.25, 0.3) is 16.2 Å². The Morgan fingerprint density at radius 3 is 3.00 bits per heavy atom. The third kappa shape index (κ3) is 1.86. The molecule has 0 aliphatic rings. The number of rotatable bonds is 3. The van der Waals surface area contributed by atoms with Crippen LogP contribution in [0.15, 0.2) is 35.7 Å². The van der Waals surface area contributed by atoms with Gasteiger partial charge in [0.15, 0.2) is 0 Å². The lowest BCUT2D eigenvalue weighted by molar-refractivity contribution is 0.303. The molecule has 0 saturated heterocycles. The molecule has 0 amide bonds. The van der Waals surface area contributed by atoms with Crippen LogP contribution in [0, 0.1) is 0 Å². The topological polar surface area (TPSA) is 20.2 Å². The van der Waals surface area contributed by atoms with Crippen LogP contribution < -0.4 is 0 Å². The molecule has 1 aromatic carbocycles. The number of hydrogen-bond acceptors (Lipinski definition) is 2. The third-order valence-electron chi connectivity index (χ3n) is 2.10. The first-order valence-electron chi connectivity index (χ1n) is 4.65. The standard InChI is InChI=1S/C12H12OS/c13-8-4-3-5-10-9-14-12-7-2-1-6-11(10)12/h1-3,5-7,9,13H,4,8H2. The second kappa shape index (κ2) is 4.40. The van der Waals surface area contributed by atoms with Crippen molar-refractivity contribution < 1.29 is 5.11 Å². The fraction of sp³-hybridized carbons (Fsp3) is 0.167. The lowest BCUT2D eigenvalue weighted by atomic mass is 10.1. The Hall–Kier alpha value is -1.12. The number of thiophene rings is 1. The predicted molar refractivity (Wildman–Crippen MR) is 62.6 cm³/mol. The zero-order chi connectivity index (χ0) is 9.80. The van der Waals surface area contributed by atoms with Crippen LogP contribution in [0.5, 0.6) is 0 Å². The van der Waals surface area contributed by atoms with Crippen molar-refractivity contribution in [3.05, 3.63) is 41.3 Å². The zero-order valence-electron chi connectivity index (χ0n) is 7.81. The maximum absolute atomic E-state index is 8.66. The van der Waals surface area contributed by atoms with Gasteiger partial charge < -0.3 is 5.11 Å². The second-order valence-corrected chi connectivity index (χ2v) is 4.01. The summed E-state index contributed by atoms with van der Waals surface area (Å²) in [5, 5.41) is 12.1. The van der Waals surface area contributed by atoms with E-state index in [1.165, 1.54) is 15.6 Å². The molecule has 0 fully saturated rings. The SMILES string of the molecule is OCCC=Cc1csc2ccccc12. The first kappa shape index (κ1) is 9.44. The van der Waals surface area contributed by atoms with Gasteiger partial charge in [-0.05, 0) is 28.8 Å². The molecule has 0 unspecified atom stereocenters. The molecule has 1 aromatic heterocycles. The smallest absolute Gasteiger partial charge is 0.0465 e. The number of aliphatic hydroxyl groups excluding tert-OH is 1. The maximum Gasteiger partial charge on any atom is 0.0465 e. The highest BCUT2D eigenvalue weighted by Gasteiger charge is 1.98. The Kier molecular flexibility index (Phi) is 2.96. The molecule has 1 N–H and O–H groups in total. The van der Waals surface area contributed by atoms with Crippen LogP contribution in [-0.4, -0.2) is 11.7 Å². The normalized spacial score (nSPS) is 11.5. The van der Waals surface area contributed by atoms with Crippen molar-refractivity contribution in [2.75, 3.05) is 6.61 Å². The molecular formula is C12H12OS. The highest BCUT2D eigenvalue weighted by molar-refractivity contribution is 7.17. The van der Waals surface area contributed by atoms with Crippen LogP contribution >= 0.6 is 11.3 Å². The van der Waals surface area contributed by atoms with Gasteiger partial charge in [-0.3, -0.25) is 0 Å². The summed E-state index contributed by atoms with van der Waals surface area (Å²) in [5.74, 6) is 0. The van der Waals surface area contributed by atoms with Crippen molar-refractivity contribution >= 4 is 27.5 Å². The fourth-order valence-corrected chi connectivity index (χ4v) is 2.34. The number of hydrogen-bond donors (Lipinski definition) is 1. The third-order valence-corrected chi connectivity index (χ3v) is 3.09. The van der Waals surface area contributed by atoms with Gasteiger partial charge in [-0.2, -0.15) is 0 Å². The summed E-state index contributed by atoms with van der Waals surface area (Å²) in [7, 11) is 0. The van der Waals surface area contributed by atoms with Crippen LogP contribution in [0.3, 0.4) is 0 Å². The minimum atomic E-state index is 0.221. The number of aliphatic hydroxyl groups is 1. The minimum absolute atomic E-state index is 0.221. The summed E-state index contributed by atoms with van der Waals surface area (Å²) in [6, 6.07) is 8.37. The Morgan fingerprint density at radius 1 is 1.29 bits per heavy atom. The molecule has 2 rings (SSSR count). The molecular weight excluding hydrogens is 192 g/mol. The van der Waals surface area contributed by atoms with E-state index in [-0.39, 0.29) is 6.61 Å². The van der Waals surface area contributed by atoms with Gasteiger partial charge in [0.1, 0.15) is 0 Å². The van der Waals surface area contributed by atoms with Crippen molar-refractivity contribution in [1.82, 2.24) is 0 Å². The summed E-state index contributed by atoms with van der Waals surface area (Å²) >= 11 is 1.76. The van der Waals surface area contributed by atoms with Crippen LogP contribution in [-0.2, 0) is 0 Å².